The predicted molar refractivity (Wildman–Crippen MR) is 112 cm³/mol. The number of amides is 1. The Morgan fingerprint density at radius 3 is 2.61 bits per heavy atom. The van der Waals surface area contributed by atoms with Gasteiger partial charge in [-0.15, -0.1) is 0 Å². The van der Waals surface area contributed by atoms with E-state index in [-0.39, 0.29) is 17.4 Å². The van der Waals surface area contributed by atoms with Gasteiger partial charge in [0, 0.05) is 6.07 Å². The third-order valence-corrected chi connectivity index (χ3v) is 4.30. The highest BCUT2D eigenvalue weighted by molar-refractivity contribution is 7.80. The Morgan fingerprint density at radius 1 is 1.11 bits per heavy atom. The van der Waals surface area contributed by atoms with Crippen LogP contribution < -0.4 is 15.4 Å². The fourth-order valence-electron chi connectivity index (χ4n) is 2.68. The van der Waals surface area contributed by atoms with Crippen molar-refractivity contribution in [2.75, 3.05) is 11.9 Å². The first kappa shape index (κ1) is 19.2. The van der Waals surface area contributed by atoms with Crippen molar-refractivity contribution in [3.8, 4) is 5.75 Å². The number of anilines is 1. The first-order valence-electron chi connectivity index (χ1n) is 8.40. The Bertz CT molecular complexity index is 1070. The predicted octanol–water partition coefficient (Wildman–Crippen LogP) is 3.95. The summed E-state index contributed by atoms with van der Waals surface area (Å²) in [5.74, 6) is 0.135. The smallest absolute Gasteiger partial charge is 0.274 e. The van der Waals surface area contributed by atoms with Gasteiger partial charge in [0.15, 0.2) is 11.7 Å². The van der Waals surface area contributed by atoms with Crippen molar-refractivity contribution in [2.45, 2.75) is 6.92 Å². The molecule has 0 aliphatic carbocycles. The van der Waals surface area contributed by atoms with Crippen LogP contribution in [-0.4, -0.2) is 22.5 Å². The summed E-state index contributed by atoms with van der Waals surface area (Å²) >= 11 is 5.11. The van der Waals surface area contributed by atoms with E-state index in [2.05, 4.69) is 10.6 Å². The lowest BCUT2D eigenvalue weighted by Gasteiger charge is -2.12. The maximum Gasteiger partial charge on any atom is 0.274 e. The molecule has 0 spiro atoms. The van der Waals surface area contributed by atoms with E-state index < -0.39 is 10.8 Å². The van der Waals surface area contributed by atoms with Gasteiger partial charge < -0.3 is 10.1 Å². The van der Waals surface area contributed by atoms with Crippen molar-refractivity contribution in [1.82, 2.24) is 5.32 Å². The summed E-state index contributed by atoms with van der Waals surface area (Å²) in [6.45, 7) is 1.39. The molecule has 0 bridgehead atoms. The molecule has 0 atom stereocenters. The van der Waals surface area contributed by atoms with Crippen LogP contribution in [0.3, 0.4) is 0 Å². The summed E-state index contributed by atoms with van der Waals surface area (Å²) in [5.41, 5.74) is 0.852. The van der Waals surface area contributed by atoms with Gasteiger partial charge in [-0.05, 0) is 48.1 Å². The highest BCUT2D eigenvalue weighted by Gasteiger charge is 2.14. The molecule has 0 saturated heterocycles. The summed E-state index contributed by atoms with van der Waals surface area (Å²) in [5, 5.41) is 18.4. The third kappa shape index (κ3) is 4.60. The lowest BCUT2D eigenvalue weighted by molar-refractivity contribution is -0.385. The molecule has 0 heterocycles. The first-order chi connectivity index (χ1) is 13.4. The van der Waals surface area contributed by atoms with Gasteiger partial charge in [0.05, 0.1) is 16.2 Å². The molecule has 8 heteroatoms. The van der Waals surface area contributed by atoms with Crippen LogP contribution in [0.5, 0.6) is 5.75 Å². The van der Waals surface area contributed by atoms with Crippen LogP contribution in [-0.2, 0) is 4.79 Å². The van der Waals surface area contributed by atoms with Crippen molar-refractivity contribution >= 4 is 45.4 Å². The first-order valence-corrected chi connectivity index (χ1v) is 8.81. The fourth-order valence-corrected chi connectivity index (χ4v) is 2.90. The second-order valence-electron chi connectivity index (χ2n) is 6.01. The zero-order chi connectivity index (χ0) is 20.1. The minimum absolute atomic E-state index is 0.0289. The topological polar surface area (TPSA) is 93.5 Å². The number of hydrogen-bond donors (Lipinski definition) is 2. The number of nitro groups is 1. The normalized spacial score (nSPS) is 10.3. The molecule has 3 aromatic carbocycles. The standard InChI is InChI=1S/C20H17N3O4S/c1-13-17(7-4-8-18(13)23(25)26)21-20(28)22-19(24)12-27-16-10-9-14-5-2-3-6-15(14)11-16/h2-11H,12H2,1H3,(H2,21,22,24,28). The largest absolute Gasteiger partial charge is 0.484 e. The quantitative estimate of drug-likeness (QED) is 0.386. The second kappa shape index (κ2) is 8.45. The van der Waals surface area contributed by atoms with E-state index in [0.717, 1.165) is 10.8 Å². The zero-order valence-corrected chi connectivity index (χ0v) is 15.8. The van der Waals surface area contributed by atoms with E-state index in [4.69, 9.17) is 17.0 Å². The molecule has 0 aliphatic rings. The molecule has 2 N–H and O–H groups in total. The average Bonchev–Trinajstić information content (AvgIpc) is 2.67. The van der Waals surface area contributed by atoms with E-state index in [1.807, 2.05) is 36.4 Å². The minimum Gasteiger partial charge on any atom is -0.484 e. The van der Waals surface area contributed by atoms with E-state index in [9.17, 15) is 14.9 Å². The molecule has 3 rings (SSSR count). The molecule has 0 radical (unpaired) electrons. The summed E-state index contributed by atoms with van der Waals surface area (Å²) in [7, 11) is 0. The number of fused-ring (bicyclic) bond motifs is 1. The number of carbonyl (C=O) groups is 1. The van der Waals surface area contributed by atoms with Crippen LogP contribution in [0.15, 0.2) is 60.7 Å². The van der Waals surface area contributed by atoms with Crippen LogP contribution in [0.4, 0.5) is 11.4 Å². The number of rotatable bonds is 5. The van der Waals surface area contributed by atoms with Crippen molar-refractivity contribution in [3.63, 3.8) is 0 Å². The van der Waals surface area contributed by atoms with Crippen LogP contribution in [0.2, 0.25) is 0 Å². The molecular formula is C20H17N3O4S. The molecule has 7 nitrogen and oxygen atoms in total. The number of benzene rings is 3. The van der Waals surface area contributed by atoms with Crippen LogP contribution in [0.1, 0.15) is 5.56 Å². The SMILES string of the molecule is Cc1c(NC(=S)NC(=O)COc2ccc3ccccc3c2)cccc1[N+](=O)[O-]. The lowest BCUT2D eigenvalue weighted by atomic mass is 10.1. The third-order valence-electron chi connectivity index (χ3n) is 4.09. The van der Waals surface area contributed by atoms with E-state index in [1.54, 1.807) is 25.1 Å². The molecule has 3 aromatic rings. The van der Waals surface area contributed by atoms with Gasteiger partial charge in [-0.3, -0.25) is 20.2 Å². The van der Waals surface area contributed by atoms with E-state index in [1.165, 1.54) is 6.07 Å². The van der Waals surface area contributed by atoms with Crippen molar-refractivity contribution in [2.24, 2.45) is 0 Å². The number of nitrogens with one attached hydrogen (secondary N) is 2. The van der Waals surface area contributed by atoms with Gasteiger partial charge in [0.25, 0.3) is 11.6 Å². The molecular weight excluding hydrogens is 378 g/mol. The summed E-state index contributed by atoms with van der Waals surface area (Å²) < 4.78 is 5.51. The van der Waals surface area contributed by atoms with E-state index >= 15 is 0 Å². The maximum atomic E-state index is 12.1. The molecule has 0 unspecified atom stereocenters. The number of ether oxygens (including phenoxy) is 1. The number of nitro benzene ring substituents is 1. The molecule has 1 amide bonds. The van der Waals surface area contributed by atoms with Gasteiger partial charge in [-0.25, -0.2) is 0 Å². The van der Waals surface area contributed by atoms with Crippen LogP contribution >= 0.6 is 12.2 Å². The Morgan fingerprint density at radius 2 is 1.86 bits per heavy atom. The average molecular weight is 395 g/mol. The van der Waals surface area contributed by atoms with Gasteiger partial charge >= 0.3 is 0 Å². The zero-order valence-electron chi connectivity index (χ0n) is 15.0. The fraction of sp³-hybridized carbons (Fsp3) is 0.100. The van der Waals surface area contributed by atoms with Gasteiger partial charge in [-0.2, -0.15) is 0 Å². The van der Waals surface area contributed by atoms with Crippen LogP contribution in [0.25, 0.3) is 10.8 Å². The Labute approximate surface area is 166 Å². The van der Waals surface area contributed by atoms with Crippen molar-refractivity contribution < 1.29 is 14.5 Å². The van der Waals surface area contributed by atoms with Gasteiger partial charge in [0.2, 0.25) is 0 Å². The number of nitrogens with zero attached hydrogens (tertiary/aromatic N) is 1. The van der Waals surface area contributed by atoms with Crippen molar-refractivity contribution in [1.29, 1.82) is 0 Å². The molecule has 142 valence electrons. The number of carbonyl (C=O) groups excluding carboxylic acids is 1. The Balaban J connectivity index is 1.56. The molecule has 0 saturated carbocycles. The number of hydrogen-bond acceptors (Lipinski definition) is 5. The molecule has 0 aromatic heterocycles. The maximum absolute atomic E-state index is 12.1. The molecule has 0 aliphatic heterocycles. The molecule has 28 heavy (non-hydrogen) atoms. The second-order valence-corrected chi connectivity index (χ2v) is 6.41. The van der Waals surface area contributed by atoms with E-state index in [0.29, 0.717) is 17.0 Å². The lowest BCUT2D eigenvalue weighted by Crippen LogP contribution is -2.37. The van der Waals surface area contributed by atoms with Crippen molar-refractivity contribution in [3.05, 3.63) is 76.3 Å². The Hall–Kier alpha value is -3.52. The highest BCUT2D eigenvalue weighted by Crippen LogP contribution is 2.25. The summed E-state index contributed by atoms with van der Waals surface area (Å²) in [6.07, 6.45) is 0. The Kier molecular flexibility index (Phi) is 5.81. The monoisotopic (exact) mass is 395 g/mol. The van der Waals surface area contributed by atoms with Crippen LogP contribution in [0, 0.1) is 17.0 Å². The number of thiocarbonyl (C=S) groups is 1. The minimum atomic E-state index is -0.473. The van der Waals surface area contributed by atoms with Gasteiger partial charge in [0.1, 0.15) is 5.75 Å². The summed E-state index contributed by atoms with van der Waals surface area (Å²) in [6, 6.07) is 18.0. The molecule has 0 fully saturated rings. The van der Waals surface area contributed by atoms with Gasteiger partial charge in [-0.1, -0.05) is 36.4 Å². The summed E-state index contributed by atoms with van der Waals surface area (Å²) in [4.78, 5) is 22.6. The highest BCUT2D eigenvalue weighted by atomic mass is 32.1.